The van der Waals surface area contributed by atoms with Gasteiger partial charge in [0, 0.05) is 19.3 Å². The Morgan fingerprint density at radius 3 is 2.69 bits per heavy atom. The topological polar surface area (TPSA) is 55.9 Å². The zero-order chi connectivity index (χ0) is 12.2. The Balaban J connectivity index is 2.40. The molecule has 4 nitrogen and oxygen atoms in total. The van der Waals surface area contributed by atoms with Gasteiger partial charge in [0.1, 0.15) is 0 Å². The van der Waals surface area contributed by atoms with Crippen LogP contribution in [0.3, 0.4) is 0 Å². The first-order valence-corrected chi connectivity index (χ1v) is 4.91. The number of nitrogens with zero attached hydrogens (tertiary/aromatic N) is 2. The molecule has 0 spiro atoms. The zero-order valence-electron chi connectivity index (χ0n) is 8.96. The number of halogens is 3. The zero-order valence-corrected chi connectivity index (χ0v) is 8.96. The number of hydrazine groups is 1. The Kier molecular flexibility index (Phi) is 4.31. The molecular weight excluding hydrogens is 221 g/mol. The van der Waals surface area contributed by atoms with Crippen LogP contribution in [0, 0.1) is 0 Å². The van der Waals surface area contributed by atoms with Gasteiger partial charge in [-0.25, -0.2) is 0 Å². The van der Waals surface area contributed by atoms with Crippen molar-refractivity contribution >= 4 is 0 Å². The highest BCUT2D eigenvalue weighted by Crippen LogP contribution is 2.23. The minimum atomic E-state index is -4.19. The van der Waals surface area contributed by atoms with Crippen LogP contribution in [0.4, 0.5) is 13.2 Å². The Morgan fingerprint density at radius 1 is 1.56 bits per heavy atom. The van der Waals surface area contributed by atoms with Gasteiger partial charge in [-0.3, -0.25) is 16.0 Å². The second-order valence-electron chi connectivity index (χ2n) is 3.74. The molecule has 0 aliphatic rings. The van der Waals surface area contributed by atoms with Gasteiger partial charge in [-0.1, -0.05) is 0 Å². The van der Waals surface area contributed by atoms with Crippen molar-refractivity contribution in [1.82, 2.24) is 15.2 Å². The monoisotopic (exact) mass is 236 g/mol. The lowest BCUT2D eigenvalue weighted by Gasteiger charge is -2.17. The summed E-state index contributed by atoms with van der Waals surface area (Å²) >= 11 is 0. The summed E-state index contributed by atoms with van der Waals surface area (Å²) in [6.45, 7) is 0. The smallest absolute Gasteiger partial charge is 0.276 e. The average Bonchev–Trinajstić information content (AvgIpc) is 2.57. The minimum absolute atomic E-state index is 0.335. The Bertz CT molecular complexity index is 321. The molecule has 1 aromatic rings. The van der Waals surface area contributed by atoms with Gasteiger partial charge < -0.3 is 0 Å². The van der Waals surface area contributed by atoms with Crippen LogP contribution >= 0.6 is 0 Å². The van der Waals surface area contributed by atoms with Gasteiger partial charge in [0.15, 0.2) is 0 Å². The van der Waals surface area contributed by atoms with Crippen LogP contribution in [-0.4, -0.2) is 22.0 Å². The van der Waals surface area contributed by atoms with E-state index in [9.17, 15) is 13.2 Å². The number of rotatable bonds is 5. The van der Waals surface area contributed by atoms with Gasteiger partial charge in [0.05, 0.1) is 12.6 Å². The van der Waals surface area contributed by atoms with E-state index in [2.05, 4.69) is 10.5 Å². The quantitative estimate of drug-likeness (QED) is 0.595. The van der Waals surface area contributed by atoms with Crippen LogP contribution in [-0.2, 0) is 13.5 Å². The summed E-state index contributed by atoms with van der Waals surface area (Å²) < 4.78 is 37.9. The van der Waals surface area contributed by atoms with Crippen LogP contribution in [0.1, 0.15) is 18.4 Å². The third-order valence-corrected chi connectivity index (χ3v) is 2.25. The van der Waals surface area contributed by atoms with Crippen molar-refractivity contribution in [3.05, 3.63) is 18.0 Å². The number of nitrogens with one attached hydrogen (secondary N) is 1. The summed E-state index contributed by atoms with van der Waals surface area (Å²) in [4.78, 5) is 0. The van der Waals surface area contributed by atoms with E-state index < -0.39 is 18.6 Å². The van der Waals surface area contributed by atoms with Crippen molar-refractivity contribution in [2.45, 2.75) is 31.5 Å². The molecule has 1 unspecified atom stereocenters. The van der Waals surface area contributed by atoms with Gasteiger partial charge in [0.2, 0.25) is 0 Å². The molecule has 0 saturated carbocycles. The SMILES string of the molecule is Cn1cc(CCC(CC(F)(F)F)NN)cn1. The molecule has 0 aliphatic carbocycles. The van der Waals surface area contributed by atoms with E-state index in [1.807, 2.05) is 0 Å². The lowest BCUT2D eigenvalue weighted by atomic mass is 10.1. The van der Waals surface area contributed by atoms with Gasteiger partial charge in [0.25, 0.3) is 0 Å². The maximum absolute atomic E-state index is 12.1. The summed E-state index contributed by atoms with van der Waals surface area (Å²) in [6, 6.07) is -0.750. The van der Waals surface area contributed by atoms with Crippen LogP contribution in [0.15, 0.2) is 12.4 Å². The number of hydrogen-bond donors (Lipinski definition) is 2. The molecule has 16 heavy (non-hydrogen) atoms. The second-order valence-corrected chi connectivity index (χ2v) is 3.74. The summed E-state index contributed by atoms with van der Waals surface area (Å²) in [5.41, 5.74) is 3.10. The fourth-order valence-corrected chi connectivity index (χ4v) is 1.47. The third kappa shape index (κ3) is 4.63. The molecular formula is C9H15F3N4. The molecule has 0 amide bonds. The van der Waals surface area contributed by atoms with Gasteiger partial charge in [-0.05, 0) is 18.4 Å². The molecule has 92 valence electrons. The maximum Gasteiger partial charge on any atom is 0.390 e. The van der Waals surface area contributed by atoms with Crippen molar-refractivity contribution in [3.63, 3.8) is 0 Å². The third-order valence-electron chi connectivity index (χ3n) is 2.25. The largest absolute Gasteiger partial charge is 0.390 e. The second kappa shape index (κ2) is 5.31. The van der Waals surface area contributed by atoms with Crippen molar-refractivity contribution in [1.29, 1.82) is 0 Å². The first-order valence-electron chi connectivity index (χ1n) is 4.91. The maximum atomic E-state index is 12.1. The van der Waals surface area contributed by atoms with Gasteiger partial charge in [-0.15, -0.1) is 0 Å². The number of nitrogens with two attached hydrogens (primary N) is 1. The van der Waals surface area contributed by atoms with Crippen LogP contribution in [0.5, 0.6) is 0 Å². The Hall–Kier alpha value is -1.08. The van der Waals surface area contributed by atoms with Crippen molar-refractivity contribution in [3.8, 4) is 0 Å². The number of aromatic nitrogens is 2. The molecule has 0 saturated heterocycles. The highest BCUT2D eigenvalue weighted by molar-refractivity contribution is 5.03. The van der Waals surface area contributed by atoms with E-state index in [0.717, 1.165) is 5.56 Å². The molecule has 0 aliphatic heterocycles. The van der Waals surface area contributed by atoms with E-state index in [4.69, 9.17) is 5.84 Å². The molecule has 0 aromatic carbocycles. The molecule has 1 aromatic heterocycles. The normalized spacial score (nSPS) is 14.1. The van der Waals surface area contributed by atoms with E-state index in [-0.39, 0.29) is 0 Å². The number of aryl methyl sites for hydroxylation is 2. The van der Waals surface area contributed by atoms with Crippen molar-refractivity contribution in [2.24, 2.45) is 12.9 Å². The predicted octanol–water partition coefficient (Wildman–Crippen LogP) is 1.14. The standard InChI is InChI=1S/C9H15F3N4/c1-16-6-7(5-14-16)2-3-8(15-13)4-9(10,11)12/h5-6,8,15H,2-4,13H2,1H3. The van der Waals surface area contributed by atoms with Crippen LogP contribution in [0.25, 0.3) is 0 Å². The van der Waals surface area contributed by atoms with Crippen molar-refractivity contribution in [2.75, 3.05) is 0 Å². The van der Waals surface area contributed by atoms with Crippen molar-refractivity contribution < 1.29 is 13.2 Å². The van der Waals surface area contributed by atoms with Gasteiger partial charge in [-0.2, -0.15) is 18.3 Å². The average molecular weight is 236 g/mol. The van der Waals surface area contributed by atoms with E-state index in [1.54, 1.807) is 24.1 Å². The molecule has 0 bridgehead atoms. The molecule has 1 atom stereocenters. The van der Waals surface area contributed by atoms with E-state index in [0.29, 0.717) is 12.8 Å². The summed E-state index contributed by atoms with van der Waals surface area (Å²) in [7, 11) is 1.76. The highest BCUT2D eigenvalue weighted by atomic mass is 19.4. The van der Waals surface area contributed by atoms with Crippen LogP contribution < -0.4 is 11.3 Å². The molecule has 1 rings (SSSR count). The molecule has 0 fully saturated rings. The lowest BCUT2D eigenvalue weighted by molar-refractivity contribution is -0.140. The predicted molar refractivity (Wildman–Crippen MR) is 53.3 cm³/mol. The van der Waals surface area contributed by atoms with E-state index >= 15 is 0 Å². The lowest BCUT2D eigenvalue weighted by Crippen LogP contribution is -2.38. The van der Waals surface area contributed by atoms with E-state index in [1.165, 1.54) is 0 Å². The number of hydrogen-bond acceptors (Lipinski definition) is 3. The number of alkyl halides is 3. The fraction of sp³-hybridized carbons (Fsp3) is 0.667. The summed E-state index contributed by atoms with van der Waals surface area (Å²) in [5, 5.41) is 3.94. The molecule has 7 heteroatoms. The Morgan fingerprint density at radius 2 is 2.25 bits per heavy atom. The first-order chi connectivity index (χ1) is 7.40. The molecule has 0 radical (unpaired) electrons. The highest BCUT2D eigenvalue weighted by Gasteiger charge is 2.31. The fourth-order valence-electron chi connectivity index (χ4n) is 1.47. The molecule has 1 heterocycles. The van der Waals surface area contributed by atoms with Crippen LogP contribution in [0.2, 0.25) is 0 Å². The minimum Gasteiger partial charge on any atom is -0.276 e. The summed E-state index contributed by atoms with van der Waals surface area (Å²) in [5.74, 6) is 5.08. The molecule has 3 N–H and O–H groups in total. The summed E-state index contributed by atoms with van der Waals surface area (Å²) in [6.07, 6.45) is -0.821. The first kappa shape index (κ1) is 13.0. The Labute approximate surface area is 91.6 Å². The van der Waals surface area contributed by atoms with Gasteiger partial charge >= 0.3 is 6.18 Å².